The molecule has 2 aliphatic rings. The van der Waals surface area contributed by atoms with Crippen LogP contribution in [0.25, 0.3) is 0 Å². The van der Waals surface area contributed by atoms with Crippen LogP contribution in [0, 0.1) is 17.5 Å². The van der Waals surface area contributed by atoms with E-state index in [0.717, 1.165) is 62.2 Å². The van der Waals surface area contributed by atoms with Crippen LogP contribution in [0.5, 0.6) is 0 Å². The number of likely N-dealkylation sites (N-methyl/N-ethyl adjacent to an activating group) is 1. The average Bonchev–Trinajstić information content (AvgIpc) is 3.16. The maximum absolute atomic E-state index is 13.8. The number of hydrogen-bond donors (Lipinski definition) is 0. The molecule has 2 aromatic carbocycles. The van der Waals surface area contributed by atoms with Crippen LogP contribution in [-0.2, 0) is 27.2 Å². The highest BCUT2D eigenvalue weighted by Gasteiger charge is 2.42. The van der Waals surface area contributed by atoms with Crippen molar-refractivity contribution in [2.45, 2.75) is 57.7 Å². The minimum atomic E-state index is -0.954. The Bertz CT molecular complexity index is 1050. The number of benzene rings is 2. The quantitative estimate of drug-likeness (QED) is 0.557. The summed E-state index contributed by atoms with van der Waals surface area (Å²) >= 11 is 0. The first-order chi connectivity index (χ1) is 16.2. The zero-order chi connectivity index (χ0) is 24.5. The number of ether oxygens (including phenoxy) is 1. The molecule has 2 heterocycles. The first kappa shape index (κ1) is 24.7. The highest BCUT2D eigenvalue weighted by molar-refractivity contribution is 5.87. The number of amides is 1. The fraction of sp³-hybridized carbons (Fsp3) is 0.519. The number of rotatable bonds is 7. The van der Waals surface area contributed by atoms with Crippen LogP contribution in [0.2, 0.25) is 0 Å². The Kier molecular flexibility index (Phi) is 7.06. The number of nitrogens with zero attached hydrogens (tertiary/aromatic N) is 2. The lowest BCUT2D eigenvalue weighted by Gasteiger charge is -2.39. The van der Waals surface area contributed by atoms with Gasteiger partial charge in [0.15, 0.2) is 11.6 Å². The van der Waals surface area contributed by atoms with Gasteiger partial charge < -0.3 is 14.5 Å². The summed E-state index contributed by atoms with van der Waals surface area (Å²) in [7, 11) is 0. The molecular weight excluding hydrogens is 441 g/mol. The molecule has 0 N–H and O–H groups in total. The lowest BCUT2D eigenvalue weighted by molar-refractivity contribution is -0.136. The van der Waals surface area contributed by atoms with Crippen LogP contribution >= 0.6 is 0 Å². The van der Waals surface area contributed by atoms with Gasteiger partial charge in [-0.05, 0) is 87.5 Å². The highest BCUT2D eigenvalue weighted by Crippen LogP contribution is 2.44. The van der Waals surface area contributed by atoms with E-state index in [0.29, 0.717) is 25.3 Å². The Morgan fingerprint density at radius 2 is 1.82 bits per heavy atom. The van der Waals surface area contributed by atoms with E-state index in [9.17, 15) is 18.0 Å². The Balaban J connectivity index is 1.31. The van der Waals surface area contributed by atoms with Gasteiger partial charge in [0.25, 0.3) is 0 Å². The van der Waals surface area contributed by atoms with Crippen LogP contribution in [0.1, 0.15) is 56.7 Å². The van der Waals surface area contributed by atoms with Gasteiger partial charge in [-0.15, -0.1) is 0 Å². The van der Waals surface area contributed by atoms with Crippen molar-refractivity contribution < 1.29 is 22.7 Å². The minimum absolute atomic E-state index is 0.100. The molecule has 7 heteroatoms. The van der Waals surface area contributed by atoms with E-state index < -0.39 is 17.0 Å². The summed E-state index contributed by atoms with van der Waals surface area (Å²) in [5.41, 5.74) is 1.20. The molecule has 2 aliphatic heterocycles. The molecule has 34 heavy (non-hydrogen) atoms. The number of piperidine rings is 1. The highest BCUT2D eigenvalue weighted by atomic mass is 19.2. The van der Waals surface area contributed by atoms with Gasteiger partial charge in [0.2, 0.25) is 5.91 Å². The number of hydrogen-bond acceptors (Lipinski definition) is 3. The smallest absolute Gasteiger partial charge is 0.232 e. The molecule has 2 aromatic rings. The van der Waals surface area contributed by atoms with E-state index in [1.165, 1.54) is 12.1 Å². The van der Waals surface area contributed by atoms with Crippen molar-refractivity contribution in [3.05, 3.63) is 70.5 Å². The zero-order valence-corrected chi connectivity index (χ0v) is 20.2. The van der Waals surface area contributed by atoms with Gasteiger partial charge >= 0.3 is 0 Å². The molecule has 4 rings (SSSR count). The van der Waals surface area contributed by atoms with Crippen molar-refractivity contribution >= 4 is 5.91 Å². The zero-order valence-electron chi connectivity index (χ0n) is 20.2. The molecule has 1 spiro atoms. The Morgan fingerprint density at radius 1 is 1.09 bits per heavy atom. The summed E-state index contributed by atoms with van der Waals surface area (Å²) in [5, 5.41) is 0. The Hall–Kier alpha value is -2.38. The molecule has 1 amide bonds. The van der Waals surface area contributed by atoms with Crippen molar-refractivity contribution in [3.63, 3.8) is 0 Å². The monoisotopic (exact) mass is 474 g/mol. The van der Waals surface area contributed by atoms with Crippen molar-refractivity contribution in [1.82, 2.24) is 9.80 Å². The molecule has 0 unspecified atom stereocenters. The predicted molar refractivity (Wildman–Crippen MR) is 125 cm³/mol. The van der Waals surface area contributed by atoms with Gasteiger partial charge in [-0.25, -0.2) is 13.2 Å². The predicted octanol–water partition coefficient (Wildman–Crippen LogP) is 5.14. The molecule has 0 radical (unpaired) electrons. The SMILES string of the molecule is CCN(CCCN1CCC2(CC1)OCc1ccc(F)cc12)C(=O)C(C)(C)c1ccc(F)c(F)c1. The van der Waals surface area contributed by atoms with E-state index in [1.54, 1.807) is 24.8 Å². The second kappa shape index (κ2) is 9.70. The summed E-state index contributed by atoms with van der Waals surface area (Å²) in [6, 6.07) is 8.59. The molecule has 4 nitrogen and oxygen atoms in total. The maximum atomic E-state index is 13.8. The Labute approximate surface area is 199 Å². The molecule has 0 aliphatic carbocycles. The number of halogens is 3. The molecule has 184 valence electrons. The van der Waals surface area contributed by atoms with Crippen LogP contribution in [-0.4, -0.2) is 48.4 Å². The van der Waals surface area contributed by atoms with Gasteiger partial charge in [0.05, 0.1) is 17.6 Å². The van der Waals surface area contributed by atoms with Gasteiger partial charge in [0.1, 0.15) is 5.82 Å². The molecule has 0 atom stereocenters. The van der Waals surface area contributed by atoms with Crippen molar-refractivity contribution in [2.75, 3.05) is 32.7 Å². The van der Waals surface area contributed by atoms with Gasteiger partial charge in [-0.2, -0.15) is 0 Å². The van der Waals surface area contributed by atoms with E-state index in [4.69, 9.17) is 4.74 Å². The fourth-order valence-corrected chi connectivity index (χ4v) is 5.24. The molecule has 0 saturated carbocycles. The third-order valence-corrected chi connectivity index (χ3v) is 7.48. The van der Waals surface area contributed by atoms with Gasteiger partial charge in [-0.3, -0.25) is 4.79 Å². The van der Waals surface area contributed by atoms with Crippen molar-refractivity contribution in [1.29, 1.82) is 0 Å². The molecule has 0 aromatic heterocycles. The molecule has 0 bridgehead atoms. The van der Waals surface area contributed by atoms with E-state index in [2.05, 4.69) is 4.90 Å². The lowest BCUT2D eigenvalue weighted by atomic mass is 9.83. The average molecular weight is 475 g/mol. The standard InChI is InChI=1S/C27H33F3N2O2/c1-4-32(25(33)26(2,3)20-7-9-23(29)24(30)16-20)13-5-12-31-14-10-27(11-15-31)22-17-21(28)8-6-19(22)18-34-27/h6-9,16-17H,4-5,10-15,18H2,1-3H3. The van der Waals surface area contributed by atoms with Crippen LogP contribution in [0.3, 0.4) is 0 Å². The summed E-state index contributed by atoms with van der Waals surface area (Å²) in [5.74, 6) is -2.18. The molecule has 1 saturated heterocycles. The molecule has 1 fully saturated rings. The maximum Gasteiger partial charge on any atom is 0.232 e. The second-order valence-corrected chi connectivity index (χ2v) is 9.92. The summed E-state index contributed by atoms with van der Waals surface area (Å²) < 4.78 is 47.0. The topological polar surface area (TPSA) is 32.8 Å². The summed E-state index contributed by atoms with van der Waals surface area (Å²) in [6.07, 6.45) is 2.46. The number of carbonyl (C=O) groups is 1. The lowest BCUT2D eigenvalue weighted by Crippen LogP contribution is -2.46. The fourth-order valence-electron chi connectivity index (χ4n) is 5.24. The van der Waals surface area contributed by atoms with Crippen LogP contribution < -0.4 is 0 Å². The Morgan fingerprint density at radius 3 is 2.50 bits per heavy atom. The number of likely N-dealkylation sites (tertiary alicyclic amines) is 1. The van der Waals surface area contributed by atoms with Crippen LogP contribution in [0.4, 0.5) is 13.2 Å². The second-order valence-electron chi connectivity index (χ2n) is 9.92. The number of fused-ring (bicyclic) bond motifs is 2. The third-order valence-electron chi connectivity index (χ3n) is 7.48. The van der Waals surface area contributed by atoms with Gasteiger partial charge in [-0.1, -0.05) is 12.1 Å². The van der Waals surface area contributed by atoms with Gasteiger partial charge in [0, 0.05) is 26.2 Å². The number of carbonyl (C=O) groups excluding carboxylic acids is 1. The normalized spacial score (nSPS) is 17.7. The van der Waals surface area contributed by atoms with Crippen molar-refractivity contribution in [2.24, 2.45) is 0 Å². The summed E-state index contributed by atoms with van der Waals surface area (Å²) in [6.45, 7) is 9.66. The van der Waals surface area contributed by atoms with Crippen molar-refractivity contribution in [3.8, 4) is 0 Å². The minimum Gasteiger partial charge on any atom is -0.365 e. The largest absolute Gasteiger partial charge is 0.365 e. The summed E-state index contributed by atoms with van der Waals surface area (Å²) in [4.78, 5) is 17.4. The van der Waals surface area contributed by atoms with Crippen LogP contribution in [0.15, 0.2) is 36.4 Å². The van der Waals surface area contributed by atoms with E-state index >= 15 is 0 Å². The van der Waals surface area contributed by atoms with E-state index in [1.807, 2.05) is 13.0 Å². The third kappa shape index (κ3) is 4.73. The van der Waals surface area contributed by atoms with E-state index in [-0.39, 0.29) is 17.3 Å². The first-order valence-corrected chi connectivity index (χ1v) is 12.1. The molecular formula is C27H33F3N2O2. The first-order valence-electron chi connectivity index (χ1n) is 12.1.